The number of benzene rings is 2. The van der Waals surface area contributed by atoms with E-state index in [2.05, 4.69) is 10.6 Å². The summed E-state index contributed by atoms with van der Waals surface area (Å²) in [6.45, 7) is 5.20. The molecular weight excluding hydrogens is 392 g/mol. The lowest BCUT2D eigenvalue weighted by Gasteiger charge is -2.27. The van der Waals surface area contributed by atoms with E-state index in [1.54, 1.807) is 6.07 Å². The number of amides is 2. The molecule has 0 saturated heterocycles. The van der Waals surface area contributed by atoms with Crippen molar-refractivity contribution in [1.29, 1.82) is 0 Å². The van der Waals surface area contributed by atoms with Crippen LogP contribution in [-0.4, -0.2) is 68.6 Å². The fourth-order valence-electron chi connectivity index (χ4n) is 3.64. The summed E-state index contributed by atoms with van der Waals surface area (Å²) in [5.74, 6) is -0.0934. The molecule has 0 unspecified atom stereocenters. The molecule has 0 aliphatic carbocycles. The number of ether oxygens (including phenoxy) is 1. The van der Waals surface area contributed by atoms with E-state index in [4.69, 9.17) is 4.74 Å². The van der Waals surface area contributed by atoms with Crippen molar-refractivity contribution in [3.63, 3.8) is 0 Å². The van der Waals surface area contributed by atoms with Gasteiger partial charge >= 0.3 is 0 Å². The SMILES string of the molecule is CCOCCCN1C(=O)c2ccccc2[C@H]1Nc1cccc(C(=O)NCCN(C)C)c1. The summed E-state index contributed by atoms with van der Waals surface area (Å²) in [7, 11) is 3.94. The molecule has 1 atom stereocenters. The molecule has 0 fully saturated rings. The predicted molar refractivity (Wildman–Crippen MR) is 122 cm³/mol. The van der Waals surface area contributed by atoms with Crippen LogP contribution in [0.5, 0.6) is 0 Å². The third-order valence-electron chi connectivity index (χ3n) is 5.22. The fraction of sp³-hybridized carbons (Fsp3) is 0.417. The Morgan fingerprint density at radius 2 is 1.97 bits per heavy atom. The third kappa shape index (κ3) is 5.83. The third-order valence-corrected chi connectivity index (χ3v) is 5.22. The number of anilines is 1. The van der Waals surface area contributed by atoms with Gasteiger partial charge in [0.2, 0.25) is 0 Å². The molecule has 7 heteroatoms. The molecule has 1 heterocycles. The van der Waals surface area contributed by atoms with Crippen LogP contribution in [0.4, 0.5) is 5.69 Å². The lowest BCUT2D eigenvalue weighted by Crippen LogP contribution is -2.34. The highest BCUT2D eigenvalue weighted by Gasteiger charge is 2.36. The van der Waals surface area contributed by atoms with Crippen molar-refractivity contribution in [2.24, 2.45) is 0 Å². The van der Waals surface area contributed by atoms with Crippen LogP contribution < -0.4 is 10.6 Å². The van der Waals surface area contributed by atoms with Crippen molar-refractivity contribution < 1.29 is 14.3 Å². The lowest BCUT2D eigenvalue weighted by molar-refractivity contribution is 0.0708. The number of fused-ring (bicyclic) bond motifs is 1. The number of nitrogens with zero attached hydrogens (tertiary/aromatic N) is 2. The normalized spacial score (nSPS) is 15.3. The second kappa shape index (κ2) is 10.9. The standard InChI is InChI=1S/C24H32N4O3/c1-4-31-16-8-14-28-22(20-11-5-6-12-21(20)24(28)30)26-19-10-7-9-18(17-19)23(29)25-13-15-27(2)3/h5-7,9-12,17,22,26H,4,8,13-16H2,1-3H3,(H,25,29)/t22-/m0/s1. The summed E-state index contributed by atoms with van der Waals surface area (Å²) in [6, 6.07) is 15.1. The number of carbonyl (C=O) groups excluding carboxylic acids is 2. The van der Waals surface area contributed by atoms with Crippen LogP contribution in [0.15, 0.2) is 48.5 Å². The summed E-state index contributed by atoms with van der Waals surface area (Å²) < 4.78 is 5.44. The maximum Gasteiger partial charge on any atom is 0.256 e. The van der Waals surface area contributed by atoms with E-state index in [9.17, 15) is 9.59 Å². The van der Waals surface area contributed by atoms with E-state index in [1.807, 2.05) is 73.3 Å². The van der Waals surface area contributed by atoms with Crippen molar-refractivity contribution in [1.82, 2.24) is 15.1 Å². The molecule has 3 rings (SSSR count). The molecule has 0 saturated carbocycles. The molecule has 1 aliphatic heterocycles. The van der Waals surface area contributed by atoms with Crippen LogP contribution in [-0.2, 0) is 4.74 Å². The molecule has 7 nitrogen and oxygen atoms in total. The van der Waals surface area contributed by atoms with E-state index < -0.39 is 0 Å². The largest absolute Gasteiger partial charge is 0.382 e. The molecule has 166 valence electrons. The number of hydrogen-bond donors (Lipinski definition) is 2. The Morgan fingerprint density at radius 3 is 2.74 bits per heavy atom. The van der Waals surface area contributed by atoms with Crippen LogP contribution in [0.2, 0.25) is 0 Å². The maximum atomic E-state index is 13.0. The Kier molecular flexibility index (Phi) is 8.03. The summed E-state index contributed by atoms with van der Waals surface area (Å²) in [5.41, 5.74) is 3.05. The van der Waals surface area contributed by atoms with E-state index >= 15 is 0 Å². The highest BCUT2D eigenvalue weighted by Crippen LogP contribution is 2.34. The van der Waals surface area contributed by atoms with Crippen LogP contribution in [0.25, 0.3) is 0 Å². The van der Waals surface area contributed by atoms with E-state index in [0.717, 1.165) is 24.2 Å². The van der Waals surface area contributed by atoms with Gasteiger partial charge in [-0.25, -0.2) is 0 Å². The molecular formula is C24H32N4O3. The highest BCUT2D eigenvalue weighted by atomic mass is 16.5. The number of hydrogen-bond acceptors (Lipinski definition) is 5. The van der Waals surface area contributed by atoms with Crippen LogP contribution in [0, 0.1) is 0 Å². The van der Waals surface area contributed by atoms with Gasteiger partial charge in [0.1, 0.15) is 6.17 Å². The summed E-state index contributed by atoms with van der Waals surface area (Å²) in [6.07, 6.45) is 0.484. The maximum absolute atomic E-state index is 13.0. The first-order chi connectivity index (χ1) is 15.0. The predicted octanol–water partition coefficient (Wildman–Crippen LogP) is 2.97. The second-order valence-corrected chi connectivity index (χ2v) is 7.82. The number of likely N-dealkylation sites (N-methyl/N-ethyl adjacent to an activating group) is 1. The van der Waals surface area contributed by atoms with Gasteiger partial charge in [0.05, 0.1) is 0 Å². The molecule has 2 amide bonds. The van der Waals surface area contributed by atoms with Crippen molar-refractivity contribution in [2.75, 3.05) is 52.3 Å². The van der Waals surface area contributed by atoms with Crippen molar-refractivity contribution in [3.8, 4) is 0 Å². The van der Waals surface area contributed by atoms with Crippen molar-refractivity contribution >= 4 is 17.5 Å². The highest BCUT2D eigenvalue weighted by molar-refractivity contribution is 5.99. The van der Waals surface area contributed by atoms with Crippen molar-refractivity contribution in [2.45, 2.75) is 19.5 Å². The van der Waals surface area contributed by atoms with Gasteiger partial charge < -0.3 is 25.2 Å². The first-order valence-corrected chi connectivity index (χ1v) is 10.8. The van der Waals surface area contributed by atoms with E-state index in [0.29, 0.717) is 37.4 Å². The molecule has 0 aromatic heterocycles. The Labute approximate surface area is 184 Å². The summed E-state index contributed by atoms with van der Waals surface area (Å²) >= 11 is 0. The fourth-order valence-corrected chi connectivity index (χ4v) is 3.64. The Hall–Kier alpha value is -2.90. The molecule has 1 aliphatic rings. The van der Waals surface area contributed by atoms with E-state index in [-0.39, 0.29) is 18.0 Å². The van der Waals surface area contributed by atoms with Crippen molar-refractivity contribution in [3.05, 3.63) is 65.2 Å². The first-order valence-electron chi connectivity index (χ1n) is 10.8. The summed E-state index contributed by atoms with van der Waals surface area (Å²) in [4.78, 5) is 29.3. The lowest BCUT2D eigenvalue weighted by atomic mass is 10.1. The van der Waals surface area contributed by atoms with Gasteiger partial charge in [0, 0.05) is 55.2 Å². The average Bonchev–Trinajstić information content (AvgIpc) is 3.02. The molecule has 0 radical (unpaired) electrons. The molecule has 31 heavy (non-hydrogen) atoms. The Bertz CT molecular complexity index is 900. The smallest absolute Gasteiger partial charge is 0.256 e. The number of nitrogens with one attached hydrogen (secondary N) is 2. The van der Waals surface area contributed by atoms with Gasteiger partial charge in [0.25, 0.3) is 11.8 Å². The van der Waals surface area contributed by atoms with Crippen LogP contribution in [0.1, 0.15) is 45.8 Å². The van der Waals surface area contributed by atoms with Gasteiger partial charge in [-0.05, 0) is 51.7 Å². The molecule has 0 spiro atoms. The monoisotopic (exact) mass is 424 g/mol. The van der Waals surface area contributed by atoms with Crippen LogP contribution >= 0.6 is 0 Å². The van der Waals surface area contributed by atoms with Gasteiger partial charge in [-0.1, -0.05) is 24.3 Å². The Morgan fingerprint density at radius 1 is 1.16 bits per heavy atom. The van der Waals surface area contributed by atoms with Gasteiger partial charge in [0.15, 0.2) is 0 Å². The van der Waals surface area contributed by atoms with E-state index in [1.165, 1.54) is 0 Å². The second-order valence-electron chi connectivity index (χ2n) is 7.82. The number of rotatable bonds is 11. The average molecular weight is 425 g/mol. The summed E-state index contributed by atoms with van der Waals surface area (Å²) in [5, 5.41) is 6.40. The Balaban J connectivity index is 1.74. The molecule has 2 aromatic carbocycles. The molecule has 2 aromatic rings. The molecule has 2 N–H and O–H groups in total. The molecule has 0 bridgehead atoms. The zero-order chi connectivity index (χ0) is 22.2. The first kappa shape index (κ1) is 22.8. The zero-order valence-electron chi connectivity index (χ0n) is 18.6. The zero-order valence-corrected chi connectivity index (χ0v) is 18.6. The minimum absolute atomic E-state index is 0.0159. The topological polar surface area (TPSA) is 73.9 Å². The minimum Gasteiger partial charge on any atom is -0.382 e. The van der Waals surface area contributed by atoms with Gasteiger partial charge in [-0.15, -0.1) is 0 Å². The number of carbonyl (C=O) groups is 2. The quantitative estimate of drug-likeness (QED) is 0.543. The van der Waals surface area contributed by atoms with Gasteiger partial charge in [-0.2, -0.15) is 0 Å². The minimum atomic E-state index is -0.280. The van der Waals surface area contributed by atoms with Crippen LogP contribution in [0.3, 0.4) is 0 Å². The van der Waals surface area contributed by atoms with Gasteiger partial charge in [-0.3, -0.25) is 9.59 Å².